The largest absolute Gasteiger partial charge is 0.473 e. The summed E-state index contributed by atoms with van der Waals surface area (Å²) >= 11 is 0. The molecule has 2 aliphatic heterocycles. The van der Waals surface area contributed by atoms with Crippen molar-refractivity contribution in [3.8, 4) is 5.88 Å². The number of allylic oxidation sites excluding steroid dienone is 1. The summed E-state index contributed by atoms with van der Waals surface area (Å²) in [5, 5.41) is 1.71. The van der Waals surface area contributed by atoms with Crippen molar-refractivity contribution in [2.45, 2.75) is 13.0 Å². The average molecular weight is 446 g/mol. The lowest BCUT2D eigenvalue weighted by molar-refractivity contribution is -0.0948. The topological polar surface area (TPSA) is 72.0 Å². The number of ether oxygens (including phenoxy) is 1. The van der Waals surface area contributed by atoms with Gasteiger partial charge in [0.25, 0.3) is 5.91 Å². The van der Waals surface area contributed by atoms with Crippen LogP contribution >= 0.6 is 0 Å². The van der Waals surface area contributed by atoms with Gasteiger partial charge in [0.1, 0.15) is 18.2 Å². The van der Waals surface area contributed by atoms with Gasteiger partial charge >= 0.3 is 0 Å². The standard InChI is InChI=1S/C22H24FN3O4S/c1-15-19(21(25(2)30-15)16-3-6-18(23)7-4-16)14-29-20-8-5-17(13-24-20)22(27)26-9-11-31(28)12-10-26/h3-8,13,21H,9-12,14H2,1-2H3. The number of hydrogen-bond acceptors (Lipinski definition) is 6. The molecule has 1 aromatic carbocycles. The lowest BCUT2D eigenvalue weighted by Crippen LogP contribution is -2.41. The second-order valence-electron chi connectivity index (χ2n) is 7.49. The monoisotopic (exact) mass is 445 g/mol. The molecule has 1 fully saturated rings. The van der Waals surface area contributed by atoms with E-state index in [0.29, 0.717) is 36.0 Å². The van der Waals surface area contributed by atoms with Crippen molar-refractivity contribution in [2.75, 3.05) is 38.2 Å². The Morgan fingerprint density at radius 2 is 1.94 bits per heavy atom. The molecule has 0 bridgehead atoms. The van der Waals surface area contributed by atoms with Crippen LogP contribution in [0.2, 0.25) is 0 Å². The van der Waals surface area contributed by atoms with Gasteiger partial charge in [0.2, 0.25) is 5.88 Å². The molecule has 31 heavy (non-hydrogen) atoms. The zero-order chi connectivity index (χ0) is 22.0. The molecule has 7 nitrogen and oxygen atoms in total. The highest BCUT2D eigenvalue weighted by molar-refractivity contribution is 7.85. The van der Waals surface area contributed by atoms with Crippen molar-refractivity contribution >= 4 is 16.7 Å². The minimum absolute atomic E-state index is 0.114. The maximum Gasteiger partial charge on any atom is 0.255 e. The van der Waals surface area contributed by atoms with Gasteiger partial charge in [-0.1, -0.05) is 12.1 Å². The fraction of sp³-hybridized carbons (Fsp3) is 0.364. The van der Waals surface area contributed by atoms with Crippen molar-refractivity contribution in [3.05, 3.63) is 70.9 Å². The van der Waals surface area contributed by atoms with Crippen LogP contribution in [0.15, 0.2) is 53.9 Å². The van der Waals surface area contributed by atoms with Gasteiger partial charge in [-0.2, -0.15) is 0 Å². The summed E-state index contributed by atoms with van der Waals surface area (Å²) < 4.78 is 30.6. The first-order valence-corrected chi connectivity index (χ1v) is 11.5. The highest BCUT2D eigenvalue weighted by atomic mass is 32.2. The number of pyridine rings is 1. The van der Waals surface area contributed by atoms with Crippen LogP contribution in [0.3, 0.4) is 0 Å². The van der Waals surface area contributed by atoms with Gasteiger partial charge in [0, 0.05) is 60.3 Å². The summed E-state index contributed by atoms with van der Waals surface area (Å²) in [6, 6.07) is 9.47. The zero-order valence-electron chi connectivity index (χ0n) is 17.4. The van der Waals surface area contributed by atoms with E-state index in [2.05, 4.69) is 4.98 Å². The molecule has 0 spiro atoms. The number of carbonyl (C=O) groups is 1. The van der Waals surface area contributed by atoms with Crippen LogP contribution in [0.25, 0.3) is 0 Å². The van der Waals surface area contributed by atoms with E-state index in [9.17, 15) is 13.4 Å². The molecule has 2 aromatic rings. The summed E-state index contributed by atoms with van der Waals surface area (Å²) in [4.78, 5) is 24.3. The fourth-order valence-electron chi connectivity index (χ4n) is 3.74. The maximum atomic E-state index is 13.3. The van der Waals surface area contributed by atoms with Crippen LogP contribution in [-0.4, -0.2) is 63.3 Å². The van der Waals surface area contributed by atoms with Crippen LogP contribution in [0.5, 0.6) is 5.88 Å². The van der Waals surface area contributed by atoms with Crippen LogP contribution in [0, 0.1) is 5.82 Å². The Balaban J connectivity index is 1.41. The van der Waals surface area contributed by atoms with Crippen LogP contribution in [-0.2, 0) is 15.6 Å². The Kier molecular flexibility index (Phi) is 6.33. The molecule has 2 aliphatic rings. The number of likely N-dealkylation sites (N-methyl/N-ethyl adjacent to an activating group) is 1. The lowest BCUT2D eigenvalue weighted by Gasteiger charge is -2.26. The van der Waals surface area contributed by atoms with Gasteiger partial charge in [-0.3, -0.25) is 9.00 Å². The maximum absolute atomic E-state index is 13.3. The first-order chi connectivity index (χ1) is 14.9. The molecule has 0 saturated carbocycles. The Hall–Kier alpha value is -2.78. The van der Waals surface area contributed by atoms with E-state index in [1.165, 1.54) is 18.3 Å². The molecule has 1 aromatic heterocycles. The molecular weight excluding hydrogens is 421 g/mol. The van der Waals surface area contributed by atoms with Gasteiger partial charge in [-0.15, -0.1) is 5.06 Å². The first kappa shape index (κ1) is 21.5. The number of amides is 1. The highest BCUT2D eigenvalue weighted by Crippen LogP contribution is 2.36. The third-order valence-electron chi connectivity index (χ3n) is 5.44. The third kappa shape index (κ3) is 4.77. The SMILES string of the molecule is CC1=C(COc2ccc(C(=O)N3CCS(=O)CC3)cn2)C(c2ccc(F)cc2)N(C)O1. The molecule has 1 amide bonds. The number of hydroxylamine groups is 2. The van der Waals surface area contributed by atoms with Crippen LogP contribution in [0.4, 0.5) is 4.39 Å². The van der Waals surface area contributed by atoms with Gasteiger partial charge < -0.3 is 14.5 Å². The fourth-order valence-corrected chi connectivity index (χ4v) is 4.80. The normalized spacial score (nSPS) is 20.1. The molecule has 0 N–H and O–H groups in total. The van der Waals surface area contributed by atoms with Crippen LogP contribution < -0.4 is 4.74 Å². The van der Waals surface area contributed by atoms with Gasteiger partial charge in [0.15, 0.2) is 0 Å². The summed E-state index contributed by atoms with van der Waals surface area (Å²) in [5.41, 5.74) is 2.29. The molecule has 1 saturated heterocycles. The summed E-state index contributed by atoms with van der Waals surface area (Å²) in [6.45, 7) is 3.10. The van der Waals surface area contributed by atoms with Crippen molar-refractivity contribution in [1.82, 2.24) is 14.9 Å². The minimum Gasteiger partial charge on any atom is -0.473 e. The zero-order valence-corrected chi connectivity index (χ0v) is 18.2. The molecule has 1 unspecified atom stereocenters. The quantitative estimate of drug-likeness (QED) is 0.705. The van der Waals surface area contributed by atoms with E-state index in [1.54, 1.807) is 34.2 Å². The molecule has 1 atom stereocenters. The number of nitrogens with zero attached hydrogens (tertiary/aromatic N) is 3. The molecule has 0 aliphatic carbocycles. The molecule has 3 heterocycles. The number of hydrogen-bond donors (Lipinski definition) is 0. The number of rotatable bonds is 5. The Labute approximate surface area is 182 Å². The summed E-state index contributed by atoms with van der Waals surface area (Å²) in [7, 11) is 0.987. The number of carbonyl (C=O) groups excluding carboxylic acids is 1. The third-order valence-corrected chi connectivity index (χ3v) is 6.71. The second kappa shape index (κ2) is 9.15. The molecule has 9 heteroatoms. The van der Waals surface area contributed by atoms with Crippen molar-refractivity contribution in [1.29, 1.82) is 0 Å². The lowest BCUT2D eigenvalue weighted by atomic mass is 9.99. The van der Waals surface area contributed by atoms with E-state index >= 15 is 0 Å². The molecular formula is C22H24FN3O4S. The van der Waals surface area contributed by atoms with E-state index < -0.39 is 10.8 Å². The number of aromatic nitrogens is 1. The minimum atomic E-state index is -0.831. The van der Waals surface area contributed by atoms with E-state index in [-0.39, 0.29) is 24.4 Å². The molecule has 4 rings (SSSR count). The summed E-state index contributed by atoms with van der Waals surface area (Å²) in [6.07, 6.45) is 1.50. The predicted molar refractivity (Wildman–Crippen MR) is 114 cm³/mol. The van der Waals surface area contributed by atoms with Crippen molar-refractivity contribution < 1.29 is 23.0 Å². The summed E-state index contributed by atoms with van der Waals surface area (Å²) in [5.74, 6) is 1.74. The van der Waals surface area contributed by atoms with Crippen molar-refractivity contribution in [3.63, 3.8) is 0 Å². The predicted octanol–water partition coefficient (Wildman–Crippen LogP) is 2.70. The average Bonchev–Trinajstić information content (AvgIpc) is 3.06. The van der Waals surface area contributed by atoms with Gasteiger partial charge in [0.05, 0.1) is 11.6 Å². The van der Waals surface area contributed by atoms with E-state index in [4.69, 9.17) is 9.57 Å². The van der Waals surface area contributed by atoms with E-state index in [0.717, 1.165) is 16.9 Å². The van der Waals surface area contributed by atoms with Crippen LogP contribution in [0.1, 0.15) is 28.9 Å². The molecule has 164 valence electrons. The smallest absolute Gasteiger partial charge is 0.255 e. The van der Waals surface area contributed by atoms with Gasteiger partial charge in [-0.05, 0) is 30.7 Å². The number of halogens is 1. The first-order valence-electron chi connectivity index (χ1n) is 10.0. The Morgan fingerprint density at radius 1 is 1.23 bits per heavy atom. The van der Waals surface area contributed by atoms with Gasteiger partial charge in [-0.25, -0.2) is 9.37 Å². The van der Waals surface area contributed by atoms with Crippen molar-refractivity contribution in [2.24, 2.45) is 0 Å². The molecule has 0 radical (unpaired) electrons. The Morgan fingerprint density at radius 3 is 2.58 bits per heavy atom. The van der Waals surface area contributed by atoms with E-state index in [1.807, 2.05) is 14.0 Å². The Bertz CT molecular complexity index is 1000. The highest BCUT2D eigenvalue weighted by Gasteiger charge is 2.32. The number of benzene rings is 1. The second-order valence-corrected chi connectivity index (χ2v) is 9.18.